The Kier molecular flexibility index (Phi) is 6.52. The van der Waals surface area contributed by atoms with Gasteiger partial charge in [-0.15, -0.1) is 0 Å². The van der Waals surface area contributed by atoms with Gasteiger partial charge in [0.05, 0.1) is 11.7 Å². The molecule has 0 bridgehead atoms. The van der Waals surface area contributed by atoms with Gasteiger partial charge in [0.1, 0.15) is 25.4 Å². The number of carbonyl (C=O) groups excluding carboxylic acids is 3. The van der Waals surface area contributed by atoms with Gasteiger partial charge in [-0.05, 0) is 19.1 Å². The van der Waals surface area contributed by atoms with Crippen molar-refractivity contribution in [2.24, 2.45) is 0 Å². The van der Waals surface area contributed by atoms with Crippen molar-refractivity contribution in [2.45, 2.75) is 45.5 Å². The topological polar surface area (TPSA) is 88.1 Å². The number of hydrogen-bond acceptors (Lipinski definition) is 7. The molecule has 1 heterocycles. The molecular weight excluding hydrogens is 328 g/mol. The summed E-state index contributed by atoms with van der Waals surface area (Å²) in [4.78, 5) is 34.2. The maximum absolute atomic E-state index is 12.0. The van der Waals surface area contributed by atoms with Crippen molar-refractivity contribution < 1.29 is 33.3 Å². The second-order valence-corrected chi connectivity index (χ2v) is 5.95. The van der Waals surface area contributed by atoms with Gasteiger partial charge >= 0.3 is 17.9 Å². The maximum Gasteiger partial charge on any atom is 0.338 e. The molecule has 0 radical (unpaired) electrons. The zero-order chi connectivity index (χ0) is 18.4. The quantitative estimate of drug-likeness (QED) is 0.571. The van der Waals surface area contributed by atoms with Crippen LogP contribution in [0.3, 0.4) is 0 Å². The molecule has 2 rings (SSSR count). The van der Waals surface area contributed by atoms with Crippen molar-refractivity contribution in [2.75, 3.05) is 13.2 Å². The van der Waals surface area contributed by atoms with Crippen molar-refractivity contribution in [1.29, 1.82) is 0 Å². The van der Waals surface area contributed by atoms with E-state index >= 15 is 0 Å². The second kappa shape index (κ2) is 8.62. The van der Waals surface area contributed by atoms with Crippen LogP contribution in [0.5, 0.6) is 0 Å². The maximum atomic E-state index is 12.0. The Morgan fingerprint density at radius 1 is 1.04 bits per heavy atom. The highest BCUT2D eigenvalue weighted by Crippen LogP contribution is 2.24. The van der Waals surface area contributed by atoms with Crippen LogP contribution in [0.4, 0.5) is 0 Å². The van der Waals surface area contributed by atoms with Crippen LogP contribution in [-0.2, 0) is 28.5 Å². The predicted octanol–water partition coefficient (Wildman–Crippen LogP) is 1.80. The van der Waals surface area contributed by atoms with E-state index in [1.54, 1.807) is 12.1 Å². The Morgan fingerprint density at radius 3 is 2.32 bits per heavy atom. The number of esters is 3. The van der Waals surface area contributed by atoms with Crippen molar-refractivity contribution in [3.63, 3.8) is 0 Å². The van der Waals surface area contributed by atoms with Crippen LogP contribution >= 0.6 is 0 Å². The molecule has 1 aliphatic rings. The van der Waals surface area contributed by atoms with Crippen LogP contribution in [0.25, 0.3) is 0 Å². The van der Waals surface area contributed by atoms with Crippen LogP contribution in [0.2, 0.25) is 0 Å². The van der Waals surface area contributed by atoms with Crippen LogP contribution in [0, 0.1) is 6.92 Å². The van der Waals surface area contributed by atoms with Crippen molar-refractivity contribution in [1.82, 2.24) is 0 Å². The minimum absolute atomic E-state index is 0.0182. The number of carbonyl (C=O) groups is 3. The zero-order valence-electron chi connectivity index (χ0n) is 14.5. The first-order valence-electron chi connectivity index (χ1n) is 8.05. The summed E-state index contributed by atoms with van der Waals surface area (Å²) >= 11 is 0. The molecule has 1 saturated heterocycles. The molecule has 3 atom stereocenters. The first kappa shape index (κ1) is 18.9. The molecule has 1 aromatic rings. The summed E-state index contributed by atoms with van der Waals surface area (Å²) in [5.41, 5.74) is 1.50. The van der Waals surface area contributed by atoms with E-state index in [0.29, 0.717) is 12.0 Å². The summed E-state index contributed by atoms with van der Waals surface area (Å²) in [5.74, 6) is -1.34. The predicted molar refractivity (Wildman–Crippen MR) is 86.9 cm³/mol. The van der Waals surface area contributed by atoms with E-state index in [9.17, 15) is 14.4 Å². The molecule has 1 unspecified atom stereocenters. The monoisotopic (exact) mass is 350 g/mol. The number of aryl methyl sites for hydroxylation is 1. The van der Waals surface area contributed by atoms with Gasteiger partial charge in [0.25, 0.3) is 0 Å². The Morgan fingerprint density at radius 2 is 1.72 bits per heavy atom. The lowest BCUT2D eigenvalue weighted by Gasteiger charge is -2.17. The molecule has 0 N–H and O–H groups in total. The van der Waals surface area contributed by atoms with Crippen LogP contribution < -0.4 is 0 Å². The molecule has 25 heavy (non-hydrogen) atoms. The highest BCUT2D eigenvalue weighted by atomic mass is 16.6. The Balaban J connectivity index is 1.88. The largest absolute Gasteiger partial charge is 0.463 e. The van der Waals surface area contributed by atoms with Crippen molar-refractivity contribution in [3.05, 3.63) is 35.4 Å². The van der Waals surface area contributed by atoms with Gasteiger partial charge in [0, 0.05) is 20.3 Å². The average molecular weight is 350 g/mol. The zero-order valence-corrected chi connectivity index (χ0v) is 14.5. The fourth-order valence-corrected chi connectivity index (χ4v) is 2.53. The highest BCUT2D eigenvalue weighted by Gasteiger charge is 2.38. The van der Waals surface area contributed by atoms with E-state index in [4.69, 9.17) is 18.9 Å². The summed E-state index contributed by atoms with van der Waals surface area (Å²) in [5, 5.41) is 0. The Labute approximate surface area is 146 Å². The van der Waals surface area contributed by atoms with Gasteiger partial charge in [-0.1, -0.05) is 17.7 Å². The summed E-state index contributed by atoms with van der Waals surface area (Å²) in [7, 11) is 0. The lowest BCUT2D eigenvalue weighted by atomic mass is 10.1. The van der Waals surface area contributed by atoms with Crippen LogP contribution in [-0.4, -0.2) is 49.4 Å². The smallest absolute Gasteiger partial charge is 0.338 e. The van der Waals surface area contributed by atoms with Gasteiger partial charge in [0.2, 0.25) is 0 Å². The normalized spacial score (nSPS) is 22.3. The molecule has 0 aliphatic carbocycles. The molecule has 1 aromatic carbocycles. The molecule has 0 amide bonds. The molecule has 1 aliphatic heterocycles. The lowest BCUT2D eigenvalue weighted by Crippen LogP contribution is -2.31. The molecular formula is C18H22O7. The van der Waals surface area contributed by atoms with E-state index in [1.807, 2.05) is 19.1 Å². The minimum atomic E-state index is -0.573. The summed E-state index contributed by atoms with van der Waals surface area (Å²) in [6.45, 7) is 4.53. The lowest BCUT2D eigenvalue weighted by molar-refractivity contribution is -0.154. The summed E-state index contributed by atoms with van der Waals surface area (Å²) in [6.07, 6.45) is -1.18. The van der Waals surface area contributed by atoms with E-state index in [0.717, 1.165) is 5.56 Å². The minimum Gasteiger partial charge on any atom is -0.463 e. The van der Waals surface area contributed by atoms with E-state index in [1.165, 1.54) is 13.8 Å². The third-order valence-corrected chi connectivity index (χ3v) is 3.73. The van der Waals surface area contributed by atoms with Gasteiger partial charge in [0.15, 0.2) is 0 Å². The van der Waals surface area contributed by atoms with Crippen LogP contribution in [0.1, 0.15) is 36.2 Å². The van der Waals surface area contributed by atoms with E-state index < -0.39 is 36.2 Å². The van der Waals surface area contributed by atoms with Crippen molar-refractivity contribution >= 4 is 17.9 Å². The third kappa shape index (κ3) is 5.86. The fraction of sp³-hybridized carbons (Fsp3) is 0.500. The van der Waals surface area contributed by atoms with Crippen molar-refractivity contribution in [3.8, 4) is 0 Å². The Bertz CT molecular complexity index is 623. The summed E-state index contributed by atoms with van der Waals surface area (Å²) in [6, 6.07) is 7.04. The average Bonchev–Trinajstić information content (AvgIpc) is 2.92. The SMILES string of the molecule is CC(=O)OCC1O[C@H](COC(=O)c2ccc(C)cc2)C[C@H]1OC(C)=O. The number of ether oxygens (including phenoxy) is 4. The molecule has 1 fully saturated rings. The standard InChI is InChI=1S/C18H22O7/c1-11-4-6-14(7-5-11)18(21)23-9-15-8-16(24-13(3)20)17(25-15)10-22-12(2)19/h4-7,15-17H,8-10H2,1-3H3/t15-,16+,17?/m0/s1. The first-order chi connectivity index (χ1) is 11.8. The first-order valence-corrected chi connectivity index (χ1v) is 8.05. The number of benzene rings is 1. The van der Waals surface area contributed by atoms with E-state index in [-0.39, 0.29) is 13.2 Å². The fourth-order valence-electron chi connectivity index (χ4n) is 2.53. The van der Waals surface area contributed by atoms with Gasteiger partial charge in [-0.2, -0.15) is 0 Å². The Hall–Kier alpha value is -2.41. The molecule has 7 heteroatoms. The van der Waals surface area contributed by atoms with Gasteiger partial charge < -0.3 is 18.9 Å². The summed E-state index contributed by atoms with van der Waals surface area (Å²) < 4.78 is 21.1. The highest BCUT2D eigenvalue weighted by molar-refractivity contribution is 5.89. The van der Waals surface area contributed by atoms with Gasteiger partial charge in [-0.25, -0.2) is 4.79 Å². The van der Waals surface area contributed by atoms with Gasteiger partial charge in [-0.3, -0.25) is 9.59 Å². The van der Waals surface area contributed by atoms with Crippen LogP contribution in [0.15, 0.2) is 24.3 Å². The third-order valence-electron chi connectivity index (χ3n) is 3.73. The number of rotatable bonds is 6. The molecule has 0 aromatic heterocycles. The molecule has 0 saturated carbocycles. The molecule has 7 nitrogen and oxygen atoms in total. The molecule has 0 spiro atoms. The van der Waals surface area contributed by atoms with E-state index in [2.05, 4.69) is 0 Å². The molecule has 136 valence electrons. The number of hydrogen-bond donors (Lipinski definition) is 0. The second-order valence-electron chi connectivity index (χ2n) is 5.95.